The average Bonchev–Trinajstić information content (AvgIpc) is 2.37. The van der Waals surface area contributed by atoms with Gasteiger partial charge in [0.2, 0.25) is 0 Å². The van der Waals surface area contributed by atoms with E-state index in [1.165, 1.54) is 32.2 Å². The van der Waals surface area contributed by atoms with Crippen molar-refractivity contribution in [1.29, 1.82) is 0 Å². The summed E-state index contributed by atoms with van der Waals surface area (Å²) in [4.78, 5) is 17.1. The molecule has 0 saturated carbocycles. The molecule has 0 amide bonds. The van der Waals surface area contributed by atoms with E-state index in [4.69, 9.17) is 0 Å². The Morgan fingerprint density at radius 1 is 1.17 bits per heavy atom. The molecule has 1 aromatic heterocycles. The molecule has 0 bridgehead atoms. The molecule has 0 aromatic carbocycles. The van der Waals surface area contributed by atoms with Gasteiger partial charge in [0.25, 0.3) is 0 Å². The van der Waals surface area contributed by atoms with E-state index < -0.39 is 0 Å². The zero-order valence-electron chi connectivity index (χ0n) is 11.6. The molecule has 1 heterocycles. The Hall–Kier alpha value is -1.22. The summed E-state index contributed by atoms with van der Waals surface area (Å²) in [6, 6.07) is 3.64. The van der Waals surface area contributed by atoms with E-state index >= 15 is 0 Å². The minimum Gasteiger partial charge on any atom is -0.309 e. The molecule has 1 rings (SSSR count). The minimum absolute atomic E-state index is 0.728. The van der Waals surface area contributed by atoms with Crippen molar-refractivity contribution in [2.45, 2.75) is 38.5 Å². The zero-order valence-corrected chi connectivity index (χ0v) is 11.6. The number of aromatic nitrogens is 1. The fraction of sp³-hybridized carbons (Fsp3) is 0.600. The minimum atomic E-state index is 0.728. The number of nitrogens with zero attached hydrogens (tertiary/aromatic N) is 2. The van der Waals surface area contributed by atoms with Crippen LogP contribution in [0.4, 0.5) is 0 Å². The number of pyridine rings is 1. The largest absolute Gasteiger partial charge is 0.309 e. The third-order valence-corrected chi connectivity index (χ3v) is 3.01. The van der Waals surface area contributed by atoms with Gasteiger partial charge in [-0.1, -0.05) is 19.3 Å². The van der Waals surface area contributed by atoms with Crippen LogP contribution in [0, 0.1) is 0 Å². The molecule has 0 fully saturated rings. The SMILES string of the molecule is CN(C)CCCCCCCc1cc(C=O)ccn1. The summed E-state index contributed by atoms with van der Waals surface area (Å²) in [5, 5.41) is 0. The van der Waals surface area contributed by atoms with Crippen molar-refractivity contribution in [2.24, 2.45) is 0 Å². The van der Waals surface area contributed by atoms with Gasteiger partial charge in [-0.15, -0.1) is 0 Å². The van der Waals surface area contributed by atoms with Gasteiger partial charge < -0.3 is 4.90 Å². The number of aldehydes is 1. The predicted molar refractivity (Wildman–Crippen MR) is 75.0 cm³/mol. The van der Waals surface area contributed by atoms with E-state index in [1.54, 1.807) is 12.3 Å². The van der Waals surface area contributed by atoms with Crippen LogP contribution in [0.5, 0.6) is 0 Å². The van der Waals surface area contributed by atoms with E-state index in [2.05, 4.69) is 24.0 Å². The molecule has 100 valence electrons. The summed E-state index contributed by atoms with van der Waals surface area (Å²) in [7, 11) is 4.23. The summed E-state index contributed by atoms with van der Waals surface area (Å²) in [5.74, 6) is 0. The maximum atomic E-state index is 10.6. The summed E-state index contributed by atoms with van der Waals surface area (Å²) >= 11 is 0. The lowest BCUT2D eigenvalue weighted by Crippen LogP contribution is -2.12. The topological polar surface area (TPSA) is 33.2 Å². The molecule has 0 atom stereocenters. The van der Waals surface area contributed by atoms with Gasteiger partial charge in [0.15, 0.2) is 0 Å². The molecule has 1 aromatic rings. The van der Waals surface area contributed by atoms with Gasteiger partial charge in [-0.05, 0) is 52.0 Å². The van der Waals surface area contributed by atoms with E-state index in [-0.39, 0.29) is 0 Å². The standard InChI is InChI=1S/C15H24N2O/c1-17(2)11-7-5-3-4-6-8-15-12-14(13-18)9-10-16-15/h9-10,12-13H,3-8,11H2,1-2H3. The molecule has 0 radical (unpaired) electrons. The maximum absolute atomic E-state index is 10.6. The summed E-state index contributed by atoms with van der Waals surface area (Å²) < 4.78 is 0. The van der Waals surface area contributed by atoms with E-state index in [1.807, 2.05) is 6.07 Å². The molecule has 0 aliphatic heterocycles. The van der Waals surface area contributed by atoms with Crippen molar-refractivity contribution < 1.29 is 4.79 Å². The van der Waals surface area contributed by atoms with Crippen molar-refractivity contribution in [3.63, 3.8) is 0 Å². The first kappa shape index (κ1) is 14.8. The third kappa shape index (κ3) is 6.50. The van der Waals surface area contributed by atoms with Crippen molar-refractivity contribution in [3.05, 3.63) is 29.6 Å². The Bertz CT molecular complexity index is 350. The third-order valence-electron chi connectivity index (χ3n) is 3.01. The monoisotopic (exact) mass is 248 g/mol. The Labute approximate surface area is 110 Å². The van der Waals surface area contributed by atoms with Crippen LogP contribution in [0.1, 0.15) is 48.2 Å². The molecule has 3 heteroatoms. The number of carbonyl (C=O) groups excluding carboxylic acids is 1. The molecular weight excluding hydrogens is 224 g/mol. The second kappa shape index (κ2) is 8.81. The number of hydrogen-bond acceptors (Lipinski definition) is 3. The van der Waals surface area contributed by atoms with Crippen LogP contribution in [0.2, 0.25) is 0 Å². The van der Waals surface area contributed by atoms with Crippen molar-refractivity contribution in [3.8, 4) is 0 Å². The fourth-order valence-electron chi connectivity index (χ4n) is 1.97. The Morgan fingerprint density at radius 2 is 1.89 bits per heavy atom. The smallest absolute Gasteiger partial charge is 0.150 e. The van der Waals surface area contributed by atoms with Gasteiger partial charge in [0.1, 0.15) is 6.29 Å². The first-order valence-corrected chi connectivity index (χ1v) is 6.77. The molecule has 0 spiro atoms. The molecule has 3 nitrogen and oxygen atoms in total. The molecular formula is C15H24N2O. The van der Waals surface area contributed by atoms with Crippen LogP contribution in [-0.4, -0.2) is 36.8 Å². The van der Waals surface area contributed by atoms with Crippen molar-refractivity contribution >= 4 is 6.29 Å². The number of carbonyl (C=O) groups is 1. The summed E-state index contributed by atoms with van der Waals surface area (Å²) in [6.45, 7) is 1.18. The Kier molecular flexibility index (Phi) is 7.26. The number of unbranched alkanes of at least 4 members (excludes halogenated alkanes) is 4. The Balaban J connectivity index is 2.08. The zero-order chi connectivity index (χ0) is 13.2. The number of aryl methyl sites for hydroxylation is 1. The second-order valence-corrected chi connectivity index (χ2v) is 5.02. The van der Waals surface area contributed by atoms with Crippen LogP contribution >= 0.6 is 0 Å². The summed E-state index contributed by atoms with van der Waals surface area (Å²) in [6.07, 6.45) is 9.88. The van der Waals surface area contributed by atoms with Crippen molar-refractivity contribution in [1.82, 2.24) is 9.88 Å². The van der Waals surface area contributed by atoms with Crippen LogP contribution in [0.15, 0.2) is 18.3 Å². The maximum Gasteiger partial charge on any atom is 0.150 e. The molecule has 0 saturated heterocycles. The van der Waals surface area contributed by atoms with E-state index in [0.717, 1.165) is 30.4 Å². The quantitative estimate of drug-likeness (QED) is 0.497. The van der Waals surface area contributed by atoms with Gasteiger partial charge in [0, 0.05) is 17.5 Å². The highest BCUT2D eigenvalue weighted by atomic mass is 16.1. The number of hydrogen-bond donors (Lipinski definition) is 0. The summed E-state index contributed by atoms with van der Waals surface area (Å²) in [5.41, 5.74) is 1.76. The predicted octanol–water partition coefficient (Wildman–Crippen LogP) is 2.95. The van der Waals surface area contributed by atoms with Crippen LogP contribution < -0.4 is 0 Å². The first-order valence-electron chi connectivity index (χ1n) is 6.77. The lowest BCUT2D eigenvalue weighted by molar-refractivity contribution is 0.112. The van der Waals surface area contributed by atoms with E-state index in [0.29, 0.717) is 0 Å². The van der Waals surface area contributed by atoms with Gasteiger partial charge in [-0.3, -0.25) is 9.78 Å². The average molecular weight is 248 g/mol. The van der Waals surface area contributed by atoms with Gasteiger partial charge in [-0.2, -0.15) is 0 Å². The Morgan fingerprint density at radius 3 is 2.61 bits per heavy atom. The molecule has 0 unspecified atom stereocenters. The lowest BCUT2D eigenvalue weighted by Gasteiger charge is -2.08. The molecule has 18 heavy (non-hydrogen) atoms. The fourth-order valence-corrected chi connectivity index (χ4v) is 1.97. The normalized spacial score (nSPS) is 10.8. The number of rotatable bonds is 9. The highest BCUT2D eigenvalue weighted by Gasteiger charge is 1.97. The second-order valence-electron chi connectivity index (χ2n) is 5.02. The van der Waals surface area contributed by atoms with Gasteiger partial charge >= 0.3 is 0 Å². The van der Waals surface area contributed by atoms with Crippen LogP contribution in [0.25, 0.3) is 0 Å². The van der Waals surface area contributed by atoms with Crippen molar-refractivity contribution in [2.75, 3.05) is 20.6 Å². The molecule has 0 aliphatic rings. The van der Waals surface area contributed by atoms with Crippen LogP contribution in [0.3, 0.4) is 0 Å². The van der Waals surface area contributed by atoms with Gasteiger partial charge in [-0.25, -0.2) is 0 Å². The highest BCUT2D eigenvalue weighted by Crippen LogP contribution is 2.08. The first-order chi connectivity index (χ1) is 8.72. The lowest BCUT2D eigenvalue weighted by atomic mass is 10.1. The molecule has 0 N–H and O–H groups in total. The van der Waals surface area contributed by atoms with Gasteiger partial charge in [0.05, 0.1) is 0 Å². The molecule has 0 aliphatic carbocycles. The highest BCUT2D eigenvalue weighted by molar-refractivity contribution is 5.74. The van der Waals surface area contributed by atoms with E-state index in [9.17, 15) is 4.79 Å². The van der Waals surface area contributed by atoms with Crippen LogP contribution in [-0.2, 0) is 6.42 Å².